The van der Waals surface area contributed by atoms with Crippen LogP contribution < -0.4 is 53.8 Å². The van der Waals surface area contributed by atoms with E-state index in [9.17, 15) is 49.4 Å². The fourth-order valence-corrected chi connectivity index (χ4v) is 5.38. The molecule has 18 heteroatoms. The molecule has 0 unspecified atom stereocenters. The van der Waals surface area contributed by atoms with E-state index in [2.05, 4.69) is 9.97 Å². The van der Waals surface area contributed by atoms with Gasteiger partial charge in [-0.25, -0.2) is 9.97 Å². The molecule has 4 rings (SSSR count). The molecule has 54 heavy (non-hydrogen) atoms. The predicted molar refractivity (Wildman–Crippen MR) is 172 cm³/mol. The number of ether oxygens (including phenoxy) is 3. The molecule has 0 amide bonds. The van der Waals surface area contributed by atoms with Gasteiger partial charge in [-0.1, -0.05) is 19.9 Å². The standard InChI is InChI=1S/C36H34F9N3O5.Na/c1-20(2)22-7-8-30(51-3)28(12-22)27-15-29(36(43,44)45)31(52-4)13-23(27)19-48(33-46-16-26(17-47-33)53-9-5-6-32(49)50)18-21-10-24(34(37,38)39)14-25(11-21)35(40,41)42;/h7-8,10-17,20H,5-6,9,18-19H2,1-4H3,(H,49,50);/q;+1/p-1. The van der Waals surface area contributed by atoms with E-state index in [1.54, 1.807) is 18.2 Å². The number of hydrogen-bond donors (Lipinski definition) is 0. The average molecular weight is 782 g/mol. The second kappa shape index (κ2) is 17.9. The minimum absolute atomic E-state index is 0. The molecular weight excluding hydrogens is 748 g/mol. The molecule has 3 aromatic carbocycles. The summed E-state index contributed by atoms with van der Waals surface area (Å²) in [4.78, 5) is 20.2. The number of alkyl halides is 9. The van der Waals surface area contributed by atoms with Crippen molar-refractivity contribution in [2.24, 2.45) is 0 Å². The van der Waals surface area contributed by atoms with Crippen LogP contribution in [0.5, 0.6) is 17.2 Å². The summed E-state index contributed by atoms with van der Waals surface area (Å²) in [5.74, 6) is -1.98. The van der Waals surface area contributed by atoms with Crippen LogP contribution in [0.2, 0.25) is 0 Å². The molecule has 0 aliphatic heterocycles. The number of aromatic nitrogens is 2. The molecular formula is C36H33F9N3NaO5. The Kier molecular flexibility index (Phi) is 14.7. The zero-order valence-corrected chi connectivity index (χ0v) is 31.7. The van der Waals surface area contributed by atoms with Crippen molar-refractivity contribution in [3.8, 4) is 28.4 Å². The van der Waals surface area contributed by atoms with E-state index >= 15 is 0 Å². The zero-order chi connectivity index (χ0) is 39.3. The molecule has 286 valence electrons. The summed E-state index contributed by atoms with van der Waals surface area (Å²) < 4.78 is 142. The van der Waals surface area contributed by atoms with E-state index in [4.69, 9.17) is 14.2 Å². The molecule has 1 aromatic heterocycles. The van der Waals surface area contributed by atoms with Crippen LogP contribution in [0.25, 0.3) is 11.1 Å². The molecule has 4 aromatic rings. The molecule has 0 radical (unpaired) electrons. The minimum Gasteiger partial charge on any atom is -0.550 e. The second-order valence-electron chi connectivity index (χ2n) is 12.1. The zero-order valence-electron chi connectivity index (χ0n) is 29.7. The van der Waals surface area contributed by atoms with Crippen molar-refractivity contribution in [1.29, 1.82) is 0 Å². The Labute approximate surface area is 326 Å². The van der Waals surface area contributed by atoms with Gasteiger partial charge in [0.05, 0.1) is 49.9 Å². The smallest absolute Gasteiger partial charge is 0.550 e. The van der Waals surface area contributed by atoms with E-state index in [1.807, 2.05) is 13.8 Å². The molecule has 0 atom stereocenters. The van der Waals surface area contributed by atoms with Gasteiger partial charge in [-0.15, -0.1) is 0 Å². The van der Waals surface area contributed by atoms with Crippen LogP contribution >= 0.6 is 0 Å². The first-order chi connectivity index (χ1) is 24.7. The Morgan fingerprint density at radius 3 is 1.87 bits per heavy atom. The normalized spacial score (nSPS) is 12.0. The molecule has 1 heterocycles. The van der Waals surface area contributed by atoms with Crippen molar-refractivity contribution in [3.05, 3.63) is 94.3 Å². The summed E-state index contributed by atoms with van der Waals surface area (Å²) in [7, 11) is 2.33. The second-order valence-corrected chi connectivity index (χ2v) is 12.1. The van der Waals surface area contributed by atoms with E-state index in [1.165, 1.54) is 12.0 Å². The average Bonchev–Trinajstić information content (AvgIpc) is 3.08. The van der Waals surface area contributed by atoms with Crippen LogP contribution in [0.4, 0.5) is 45.5 Å². The Balaban J connectivity index is 0.00000784. The summed E-state index contributed by atoms with van der Waals surface area (Å²) in [6.07, 6.45) is -13.1. The van der Waals surface area contributed by atoms with Gasteiger partial charge in [0.1, 0.15) is 11.5 Å². The largest absolute Gasteiger partial charge is 1.00 e. The van der Waals surface area contributed by atoms with Gasteiger partial charge in [0.2, 0.25) is 5.95 Å². The van der Waals surface area contributed by atoms with E-state index in [-0.39, 0.29) is 95.1 Å². The first-order valence-electron chi connectivity index (χ1n) is 15.9. The summed E-state index contributed by atoms with van der Waals surface area (Å²) in [5, 5.41) is 10.7. The van der Waals surface area contributed by atoms with Crippen LogP contribution in [0.1, 0.15) is 66.0 Å². The molecule has 0 spiro atoms. The van der Waals surface area contributed by atoms with Gasteiger partial charge in [0.25, 0.3) is 0 Å². The SMILES string of the molecule is COc1ccc(C(C)C)cc1-c1cc(C(F)(F)F)c(OC)cc1CN(Cc1cc(C(F)(F)F)cc(C(F)(F)F)c1)c1ncc(OCCCC(=O)[O-])cn1.[Na+]. The van der Waals surface area contributed by atoms with Gasteiger partial charge in [-0.3, -0.25) is 0 Å². The van der Waals surface area contributed by atoms with Gasteiger partial charge in [0, 0.05) is 24.6 Å². The monoisotopic (exact) mass is 781 g/mol. The number of nitrogens with zero attached hydrogens (tertiary/aromatic N) is 3. The topological polar surface area (TPSA) is 96.8 Å². The van der Waals surface area contributed by atoms with Gasteiger partial charge in [0.15, 0.2) is 5.75 Å². The van der Waals surface area contributed by atoms with Crippen molar-refractivity contribution in [1.82, 2.24) is 9.97 Å². The first-order valence-corrected chi connectivity index (χ1v) is 15.9. The van der Waals surface area contributed by atoms with Crippen LogP contribution in [0.3, 0.4) is 0 Å². The van der Waals surface area contributed by atoms with Crippen molar-refractivity contribution in [2.75, 3.05) is 25.7 Å². The third kappa shape index (κ3) is 11.4. The number of aliphatic carboxylic acids is 1. The Bertz CT molecular complexity index is 1870. The quantitative estimate of drug-likeness (QED) is 0.0947. The van der Waals surface area contributed by atoms with Gasteiger partial charge >= 0.3 is 48.1 Å². The molecule has 8 nitrogen and oxygen atoms in total. The van der Waals surface area contributed by atoms with E-state index < -0.39 is 65.6 Å². The predicted octanol–water partition coefficient (Wildman–Crippen LogP) is 5.46. The van der Waals surface area contributed by atoms with Gasteiger partial charge < -0.3 is 29.0 Å². The number of carboxylic acid groups (broad SMARTS) is 1. The number of benzene rings is 3. The Morgan fingerprint density at radius 2 is 1.37 bits per heavy atom. The fourth-order valence-electron chi connectivity index (χ4n) is 5.38. The molecule has 0 saturated heterocycles. The van der Waals surface area contributed by atoms with Crippen LogP contribution in [-0.4, -0.2) is 36.8 Å². The maximum Gasteiger partial charge on any atom is 1.00 e. The summed E-state index contributed by atoms with van der Waals surface area (Å²) in [6, 6.07) is 7.88. The third-order valence-electron chi connectivity index (χ3n) is 7.98. The fraction of sp³-hybridized carbons (Fsp3) is 0.361. The molecule has 0 saturated carbocycles. The molecule has 0 fully saturated rings. The van der Waals surface area contributed by atoms with Crippen molar-refractivity contribution >= 4 is 11.9 Å². The summed E-state index contributed by atoms with van der Waals surface area (Å²) >= 11 is 0. The van der Waals surface area contributed by atoms with Crippen LogP contribution in [-0.2, 0) is 36.4 Å². The first kappa shape index (κ1) is 44.2. The van der Waals surface area contributed by atoms with E-state index in [0.29, 0.717) is 12.1 Å². The number of carbonyl (C=O) groups is 1. The van der Waals surface area contributed by atoms with Crippen molar-refractivity contribution in [2.45, 2.75) is 64.2 Å². The number of methoxy groups -OCH3 is 2. The number of carbonyl (C=O) groups excluding carboxylic acids is 1. The number of rotatable bonds is 14. The van der Waals surface area contributed by atoms with Crippen LogP contribution in [0, 0.1) is 0 Å². The number of halogens is 9. The number of anilines is 1. The van der Waals surface area contributed by atoms with Gasteiger partial charge in [-0.2, -0.15) is 39.5 Å². The summed E-state index contributed by atoms with van der Waals surface area (Å²) in [5.41, 5.74) is -3.72. The van der Waals surface area contributed by atoms with Crippen molar-refractivity contribution < 1.29 is 93.2 Å². The molecule has 0 bridgehead atoms. The van der Waals surface area contributed by atoms with E-state index in [0.717, 1.165) is 37.2 Å². The molecule has 0 aliphatic rings. The maximum atomic E-state index is 14.4. The van der Waals surface area contributed by atoms with Gasteiger partial charge in [-0.05, 0) is 83.5 Å². The third-order valence-corrected chi connectivity index (χ3v) is 7.98. The number of carboxylic acids is 1. The maximum absolute atomic E-state index is 14.4. The number of hydrogen-bond acceptors (Lipinski definition) is 8. The van der Waals surface area contributed by atoms with Crippen LogP contribution in [0.15, 0.2) is 60.9 Å². The molecule has 0 N–H and O–H groups in total. The van der Waals surface area contributed by atoms with Crippen molar-refractivity contribution in [3.63, 3.8) is 0 Å². The Hall–Kier alpha value is -4.22. The molecule has 0 aliphatic carbocycles. The Morgan fingerprint density at radius 1 is 0.778 bits per heavy atom. The minimum atomic E-state index is -5.15. The summed E-state index contributed by atoms with van der Waals surface area (Å²) in [6.45, 7) is 2.52.